The standard InChI is InChI=1S/2C29H20N.C29H28N.Ir/c2*1-2-9-22(10-3-1)23-11-6-12-24(19-23)25-13-7-14-26(20-25)27-15-8-16-28(21-27)29-17-4-5-18-30-29;1(4-12-24-13-6-3-7-14-24)2-5-15-25-16-10-17-26(22-25)27-18-11-19-28(23-27)29-20-8-9-21-30-29;/h2*1-15,17-21H;3,6-11,13-14,16-18,20-23H,1-2,4-5,12,15H2;/q3*-1;. The second kappa shape index (κ2) is 32.1. The maximum atomic E-state index is 4.46. The smallest absolute Gasteiger partial charge is 0.0160 e. The van der Waals surface area contributed by atoms with E-state index in [1.54, 1.807) is 0 Å². The Labute approximate surface area is 551 Å². The normalized spacial score (nSPS) is 10.6. The molecule has 0 N–H and O–H groups in total. The van der Waals surface area contributed by atoms with Crippen LogP contribution in [0, 0.1) is 18.2 Å². The first-order valence-electron chi connectivity index (χ1n) is 31.1. The first-order valence-corrected chi connectivity index (χ1v) is 31.1. The van der Waals surface area contributed by atoms with E-state index in [0.717, 1.165) is 51.3 Å². The molecule has 14 aromatic rings. The molecule has 1 radical (unpaired) electrons. The largest absolute Gasteiger partial charge is 0.305 e. The molecule has 3 heterocycles. The van der Waals surface area contributed by atoms with E-state index in [1.165, 1.54) is 110 Å². The Morgan fingerprint density at radius 1 is 0.209 bits per heavy atom. The van der Waals surface area contributed by atoms with Crippen molar-refractivity contribution in [3.05, 3.63) is 369 Å². The summed E-state index contributed by atoms with van der Waals surface area (Å²) in [5.74, 6) is 0. The van der Waals surface area contributed by atoms with E-state index in [4.69, 9.17) is 0 Å². The first kappa shape index (κ1) is 62.1. The third-order valence-electron chi connectivity index (χ3n) is 16.0. The van der Waals surface area contributed by atoms with E-state index in [-0.39, 0.29) is 20.1 Å². The van der Waals surface area contributed by atoms with Crippen LogP contribution in [0.15, 0.2) is 340 Å². The van der Waals surface area contributed by atoms with Gasteiger partial charge in [-0.25, -0.2) is 0 Å². The molecule has 3 nitrogen and oxygen atoms in total. The third-order valence-corrected chi connectivity index (χ3v) is 16.0. The van der Waals surface area contributed by atoms with Gasteiger partial charge in [0.05, 0.1) is 0 Å². The molecule has 91 heavy (non-hydrogen) atoms. The Morgan fingerprint density at radius 2 is 0.473 bits per heavy atom. The van der Waals surface area contributed by atoms with E-state index in [2.05, 4.69) is 270 Å². The predicted molar refractivity (Wildman–Crippen MR) is 376 cm³/mol. The molecule has 0 atom stereocenters. The number of nitrogens with zero attached hydrogens (tertiary/aromatic N) is 3. The molecule has 0 aliphatic rings. The number of pyridine rings is 3. The summed E-state index contributed by atoms with van der Waals surface area (Å²) in [6, 6.07) is 122. The minimum absolute atomic E-state index is 0. The van der Waals surface area contributed by atoms with Crippen LogP contribution in [-0.4, -0.2) is 15.0 Å². The van der Waals surface area contributed by atoms with Gasteiger partial charge in [0.15, 0.2) is 0 Å². The fraction of sp³-hybridized carbons (Fsp3) is 0.0690. The van der Waals surface area contributed by atoms with Crippen LogP contribution in [-0.2, 0) is 32.9 Å². The Balaban J connectivity index is 0.000000139. The molecule has 0 aliphatic carbocycles. The van der Waals surface area contributed by atoms with Crippen molar-refractivity contribution >= 4 is 0 Å². The van der Waals surface area contributed by atoms with Gasteiger partial charge in [0.1, 0.15) is 0 Å². The van der Waals surface area contributed by atoms with E-state index in [1.807, 2.05) is 104 Å². The van der Waals surface area contributed by atoms with Crippen LogP contribution in [0.4, 0.5) is 0 Å². The van der Waals surface area contributed by atoms with E-state index in [0.29, 0.717) is 0 Å². The quantitative estimate of drug-likeness (QED) is 0.0674. The van der Waals surface area contributed by atoms with Gasteiger partial charge in [0.2, 0.25) is 0 Å². The summed E-state index contributed by atoms with van der Waals surface area (Å²) in [6.07, 6.45) is 12.9. The molecule has 3 aromatic heterocycles. The van der Waals surface area contributed by atoms with Crippen LogP contribution in [0.2, 0.25) is 0 Å². The number of hydrogen-bond acceptors (Lipinski definition) is 3. The Bertz CT molecular complexity index is 4120. The van der Waals surface area contributed by atoms with Crippen molar-refractivity contribution in [2.45, 2.75) is 38.5 Å². The van der Waals surface area contributed by atoms with Crippen molar-refractivity contribution in [2.24, 2.45) is 0 Å². The van der Waals surface area contributed by atoms with Gasteiger partial charge in [0, 0.05) is 38.7 Å². The molecule has 0 saturated carbocycles. The van der Waals surface area contributed by atoms with Gasteiger partial charge in [-0.2, -0.15) is 0 Å². The topological polar surface area (TPSA) is 38.7 Å². The molecule has 0 fully saturated rings. The fourth-order valence-electron chi connectivity index (χ4n) is 11.3. The van der Waals surface area contributed by atoms with Gasteiger partial charge in [-0.3, -0.25) is 0 Å². The number of aryl methyl sites for hydroxylation is 2. The second-order valence-corrected chi connectivity index (χ2v) is 22.3. The van der Waals surface area contributed by atoms with Crippen molar-refractivity contribution in [3.63, 3.8) is 0 Å². The molecular weight excluding hydrogens is 1280 g/mol. The van der Waals surface area contributed by atoms with Gasteiger partial charge >= 0.3 is 0 Å². The van der Waals surface area contributed by atoms with Crippen molar-refractivity contribution in [1.82, 2.24) is 15.0 Å². The monoisotopic (exact) mass is 1350 g/mol. The minimum Gasteiger partial charge on any atom is -0.305 e. The Kier molecular flexibility index (Phi) is 21.9. The van der Waals surface area contributed by atoms with Gasteiger partial charge in [-0.15, -0.1) is 106 Å². The molecule has 0 bridgehead atoms. The zero-order valence-corrected chi connectivity index (χ0v) is 53.1. The third kappa shape index (κ3) is 17.2. The van der Waals surface area contributed by atoms with Crippen molar-refractivity contribution in [3.8, 4) is 112 Å². The van der Waals surface area contributed by atoms with E-state index >= 15 is 0 Å². The molecule has 11 aromatic carbocycles. The zero-order valence-electron chi connectivity index (χ0n) is 50.7. The number of aromatic nitrogens is 3. The maximum Gasteiger partial charge on any atom is 0.0160 e. The molecule has 0 spiro atoms. The molecule has 443 valence electrons. The zero-order chi connectivity index (χ0) is 60.8. The Hall–Kier alpha value is -10.5. The number of unbranched alkanes of at least 4 members (excludes halogenated alkanes) is 3. The van der Waals surface area contributed by atoms with Crippen LogP contribution >= 0.6 is 0 Å². The summed E-state index contributed by atoms with van der Waals surface area (Å²) in [6.45, 7) is 0. The van der Waals surface area contributed by atoms with Gasteiger partial charge in [0.25, 0.3) is 0 Å². The minimum atomic E-state index is 0. The van der Waals surface area contributed by atoms with Crippen LogP contribution in [0.1, 0.15) is 36.8 Å². The van der Waals surface area contributed by atoms with Crippen LogP contribution in [0.3, 0.4) is 0 Å². The summed E-state index contributed by atoms with van der Waals surface area (Å²) in [5, 5.41) is 0. The molecule has 0 amide bonds. The Morgan fingerprint density at radius 3 is 0.813 bits per heavy atom. The SMILES string of the molecule is [Ir].[c-]1ccc(-c2cccc(-c3cccc(-c4ccccc4)c3)c2)cc1-c1ccccn1.[c-]1ccc(-c2cccc(-c3cccc(-c4ccccc4)c3)c2)cc1-c1ccccn1.[c-]1ccc(-c2cccc(CCCCCCc3ccccc3)c2)cc1-c1ccccn1. The number of benzene rings is 11. The number of hydrogen-bond donors (Lipinski definition) is 0. The van der Waals surface area contributed by atoms with Gasteiger partial charge in [-0.05, 0) is 158 Å². The first-order chi connectivity index (χ1) is 44.6. The van der Waals surface area contributed by atoms with Crippen molar-refractivity contribution in [1.29, 1.82) is 0 Å². The molecule has 0 saturated heterocycles. The predicted octanol–water partition coefficient (Wildman–Crippen LogP) is 22.7. The summed E-state index contributed by atoms with van der Waals surface area (Å²) < 4.78 is 0. The summed E-state index contributed by atoms with van der Waals surface area (Å²) in [7, 11) is 0. The average Bonchev–Trinajstić information content (AvgIpc) is 3.76. The molecule has 4 heteroatoms. The molecule has 0 unspecified atom stereocenters. The molecule has 0 aliphatic heterocycles. The summed E-state index contributed by atoms with van der Waals surface area (Å²) >= 11 is 0. The average molecular weight is 1350 g/mol. The van der Waals surface area contributed by atoms with Gasteiger partial charge < -0.3 is 15.0 Å². The second-order valence-electron chi connectivity index (χ2n) is 22.3. The van der Waals surface area contributed by atoms with Crippen LogP contribution in [0.5, 0.6) is 0 Å². The van der Waals surface area contributed by atoms with E-state index < -0.39 is 0 Å². The maximum absolute atomic E-state index is 4.46. The van der Waals surface area contributed by atoms with Crippen molar-refractivity contribution < 1.29 is 20.1 Å². The van der Waals surface area contributed by atoms with Crippen LogP contribution in [0.25, 0.3) is 112 Å². The molecule has 14 rings (SSSR count). The summed E-state index contributed by atoms with van der Waals surface area (Å²) in [5.41, 5.74) is 25.7. The number of rotatable bonds is 17. The van der Waals surface area contributed by atoms with Crippen molar-refractivity contribution in [2.75, 3.05) is 0 Å². The molecular formula is C87H68IrN3-3. The fourth-order valence-corrected chi connectivity index (χ4v) is 11.3. The summed E-state index contributed by atoms with van der Waals surface area (Å²) in [4.78, 5) is 13.4. The van der Waals surface area contributed by atoms with E-state index in [9.17, 15) is 0 Å². The van der Waals surface area contributed by atoms with Gasteiger partial charge in [-0.1, -0.05) is 237 Å². The van der Waals surface area contributed by atoms with Crippen LogP contribution < -0.4 is 0 Å².